The maximum atomic E-state index is 12.9. The molecular formula is C29H25ClN7O2+. The molecule has 0 atom stereocenters. The molecule has 0 saturated heterocycles. The first-order valence-electron chi connectivity index (χ1n) is 12.0. The third kappa shape index (κ3) is 5.40. The lowest BCUT2D eigenvalue weighted by molar-refractivity contribution is -0.111. The van der Waals surface area contributed by atoms with Gasteiger partial charge in [0.25, 0.3) is 5.91 Å². The number of H-pyrrole nitrogens is 1. The number of carbonyl (C=O) groups is 2. The molecule has 0 fully saturated rings. The van der Waals surface area contributed by atoms with E-state index in [1.807, 2.05) is 56.7 Å². The number of fused-ring (bicyclic) bond motifs is 1. The van der Waals surface area contributed by atoms with Crippen molar-refractivity contribution < 1.29 is 9.59 Å². The molecule has 3 aromatic heterocycles. The number of carbonyl (C=O) groups excluding carboxylic acids is 2. The lowest BCUT2D eigenvalue weighted by atomic mass is 10.1. The zero-order valence-electron chi connectivity index (χ0n) is 21.3. The van der Waals surface area contributed by atoms with E-state index in [1.54, 1.807) is 36.7 Å². The van der Waals surface area contributed by atoms with E-state index in [0.717, 1.165) is 22.3 Å². The lowest BCUT2D eigenvalue weighted by Crippen LogP contribution is -2.36. The summed E-state index contributed by atoms with van der Waals surface area (Å²) in [6.07, 6.45) is 6.34. The van der Waals surface area contributed by atoms with Crippen LogP contribution < -0.4 is 15.1 Å². The molecule has 0 aliphatic carbocycles. The Labute approximate surface area is 229 Å². The van der Waals surface area contributed by atoms with Crippen LogP contribution in [-0.4, -0.2) is 45.8 Å². The number of quaternary nitrogens is 1. The summed E-state index contributed by atoms with van der Waals surface area (Å²) < 4.78 is 0.200. The van der Waals surface area contributed by atoms with E-state index in [1.165, 1.54) is 6.08 Å². The number of benzene rings is 2. The van der Waals surface area contributed by atoms with Gasteiger partial charge in [0.15, 0.2) is 0 Å². The first kappa shape index (κ1) is 25.8. The van der Waals surface area contributed by atoms with Crippen LogP contribution in [0.2, 0.25) is 5.02 Å². The van der Waals surface area contributed by atoms with Crippen molar-refractivity contribution in [1.82, 2.24) is 24.4 Å². The van der Waals surface area contributed by atoms with Crippen LogP contribution in [0.4, 0.5) is 23.0 Å². The second-order valence-corrected chi connectivity index (χ2v) is 9.64. The fraction of sp³-hybridized carbons (Fsp3) is 0.0690. The molecule has 0 radical (unpaired) electrons. The average Bonchev–Trinajstić information content (AvgIpc) is 3.42. The number of hydrogen-bond acceptors (Lipinski definition) is 5. The fourth-order valence-electron chi connectivity index (χ4n) is 4.05. The molecule has 5 rings (SSSR count). The zero-order valence-corrected chi connectivity index (χ0v) is 22.0. The second-order valence-electron chi connectivity index (χ2n) is 9.23. The number of nitrogens with one attached hydrogen (secondary N) is 3. The maximum absolute atomic E-state index is 12.9. The predicted molar refractivity (Wildman–Crippen MR) is 155 cm³/mol. The van der Waals surface area contributed by atoms with Crippen molar-refractivity contribution in [3.63, 3.8) is 0 Å². The second kappa shape index (κ2) is 10.5. The molecule has 2 amide bonds. The summed E-state index contributed by atoms with van der Waals surface area (Å²) >= 11 is 6.49. The fourth-order valence-corrected chi connectivity index (χ4v) is 4.25. The van der Waals surface area contributed by atoms with E-state index in [-0.39, 0.29) is 16.3 Å². The van der Waals surface area contributed by atoms with Crippen LogP contribution >= 0.6 is 11.6 Å². The van der Waals surface area contributed by atoms with Crippen LogP contribution in [0.1, 0.15) is 10.4 Å². The Morgan fingerprint density at radius 2 is 1.77 bits per heavy atom. The standard InChI is InChI=1S/C29H24ClN7O2/c1-4-25(38)34-21-10-8-18(9-11-21)28(39)35-22-6-5-7-23(15-22)37(2,3)29-33-17-24(30)26(36-29)20-14-19-12-13-31-27(19)32-16-20/h4-17H,1H2,2-3H3,(H2-,31,32,33,34,35,36,38,39)/p+1. The Morgan fingerprint density at radius 3 is 2.54 bits per heavy atom. The Balaban J connectivity index is 1.38. The van der Waals surface area contributed by atoms with Gasteiger partial charge in [0.1, 0.15) is 11.3 Å². The van der Waals surface area contributed by atoms with E-state index in [4.69, 9.17) is 16.6 Å². The SMILES string of the molecule is C=CC(=O)Nc1ccc(C(=O)Nc2cccc([N+](C)(C)c3ncc(Cl)c(-c4cnc5[nH]ccc5c4)n3)c2)cc1. The van der Waals surface area contributed by atoms with Crippen LogP contribution in [0.15, 0.2) is 91.9 Å². The van der Waals surface area contributed by atoms with Gasteiger partial charge in [-0.2, -0.15) is 9.97 Å². The normalized spacial score (nSPS) is 11.3. The lowest BCUT2D eigenvalue weighted by Gasteiger charge is -2.26. The molecule has 194 valence electrons. The smallest absolute Gasteiger partial charge is 0.334 e. The summed E-state index contributed by atoms with van der Waals surface area (Å²) in [7, 11) is 3.91. The minimum Gasteiger partial charge on any atom is -0.346 e. The molecule has 3 N–H and O–H groups in total. The van der Waals surface area contributed by atoms with Crippen LogP contribution in [0.3, 0.4) is 0 Å². The minimum atomic E-state index is -0.319. The topological polar surface area (TPSA) is 113 Å². The summed E-state index contributed by atoms with van der Waals surface area (Å²) in [4.78, 5) is 41.2. The summed E-state index contributed by atoms with van der Waals surface area (Å²) in [5, 5.41) is 6.96. The Bertz CT molecular complexity index is 1710. The Morgan fingerprint density at radius 1 is 0.974 bits per heavy atom. The first-order valence-corrected chi connectivity index (χ1v) is 12.4. The van der Waals surface area contributed by atoms with Gasteiger partial charge in [-0.3, -0.25) is 9.59 Å². The third-order valence-corrected chi connectivity index (χ3v) is 6.53. The average molecular weight is 539 g/mol. The van der Waals surface area contributed by atoms with Gasteiger partial charge in [-0.1, -0.05) is 24.2 Å². The molecule has 10 heteroatoms. The molecule has 2 aromatic carbocycles. The largest absolute Gasteiger partial charge is 0.346 e. The summed E-state index contributed by atoms with van der Waals surface area (Å²) in [5.74, 6) is -0.0825. The highest BCUT2D eigenvalue weighted by molar-refractivity contribution is 6.33. The van der Waals surface area contributed by atoms with Gasteiger partial charge in [-0.25, -0.2) is 9.47 Å². The molecule has 3 heterocycles. The van der Waals surface area contributed by atoms with Crippen molar-refractivity contribution in [3.8, 4) is 11.3 Å². The highest BCUT2D eigenvalue weighted by atomic mass is 35.5. The third-order valence-electron chi connectivity index (χ3n) is 6.25. The van der Waals surface area contributed by atoms with Gasteiger partial charge in [-0.05, 0) is 54.6 Å². The number of halogens is 1. The molecular weight excluding hydrogens is 514 g/mol. The molecule has 0 aliphatic heterocycles. The molecule has 0 unspecified atom stereocenters. The van der Waals surface area contributed by atoms with Crippen LogP contribution in [0.5, 0.6) is 0 Å². The van der Waals surface area contributed by atoms with E-state index in [2.05, 4.69) is 32.2 Å². The van der Waals surface area contributed by atoms with Crippen molar-refractivity contribution >= 4 is 57.5 Å². The molecule has 5 aromatic rings. The van der Waals surface area contributed by atoms with Crippen LogP contribution in [-0.2, 0) is 4.79 Å². The van der Waals surface area contributed by atoms with Crippen molar-refractivity contribution in [2.75, 3.05) is 24.7 Å². The van der Waals surface area contributed by atoms with E-state index >= 15 is 0 Å². The van der Waals surface area contributed by atoms with Gasteiger partial charge >= 0.3 is 5.95 Å². The molecule has 0 saturated carbocycles. The number of amides is 2. The molecule has 9 nitrogen and oxygen atoms in total. The van der Waals surface area contributed by atoms with Crippen LogP contribution in [0.25, 0.3) is 22.3 Å². The van der Waals surface area contributed by atoms with Gasteiger partial charge in [0, 0.05) is 46.3 Å². The number of anilines is 2. The molecule has 0 bridgehead atoms. The number of pyridine rings is 1. The maximum Gasteiger partial charge on any atom is 0.334 e. The summed E-state index contributed by atoms with van der Waals surface area (Å²) in [6, 6.07) is 18.0. The summed E-state index contributed by atoms with van der Waals surface area (Å²) in [6.45, 7) is 3.43. The van der Waals surface area contributed by atoms with Crippen molar-refractivity contribution in [2.45, 2.75) is 0 Å². The summed E-state index contributed by atoms with van der Waals surface area (Å²) in [5.41, 5.74) is 4.64. The quantitative estimate of drug-likeness (QED) is 0.175. The molecule has 0 aliphatic rings. The molecule has 39 heavy (non-hydrogen) atoms. The van der Waals surface area contributed by atoms with Crippen LogP contribution in [0, 0.1) is 0 Å². The zero-order chi connectivity index (χ0) is 27.6. The monoisotopic (exact) mass is 538 g/mol. The Kier molecular flexibility index (Phi) is 6.93. The van der Waals surface area contributed by atoms with Crippen molar-refractivity contribution in [3.05, 3.63) is 102 Å². The van der Waals surface area contributed by atoms with Gasteiger partial charge in [-0.15, -0.1) is 0 Å². The first-order chi connectivity index (χ1) is 18.7. The van der Waals surface area contributed by atoms with Gasteiger partial charge < -0.3 is 15.6 Å². The van der Waals surface area contributed by atoms with E-state index < -0.39 is 0 Å². The highest BCUT2D eigenvalue weighted by Gasteiger charge is 2.28. The number of aromatic nitrogens is 4. The van der Waals surface area contributed by atoms with Gasteiger partial charge in [0.2, 0.25) is 5.91 Å². The number of nitrogens with zero attached hydrogens (tertiary/aromatic N) is 4. The predicted octanol–water partition coefficient (Wildman–Crippen LogP) is 5.95. The number of hydrogen-bond donors (Lipinski definition) is 3. The number of aromatic amines is 1. The van der Waals surface area contributed by atoms with E-state index in [9.17, 15) is 9.59 Å². The number of rotatable bonds is 7. The van der Waals surface area contributed by atoms with Crippen molar-refractivity contribution in [1.29, 1.82) is 0 Å². The van der Waals surface area contributed by atoms with Crippen molar-refractivity contribution in [2.24, 2.45) is 0 Å². The highest BCUT2D eigenvalue weighted by Crippen LogP contribution is 2.34. The molecule has 0 spiro atoms. The Hall–Kier alpha value is -4.86. The minimum absolute atomic E-state index is 0.200. The van der Waals surface area contributed by atoms with E-state index in [0.29, 0.717) is 33.6 Å². The van der Waals surface area contributed by atoms with Gasteiger partial charge in [0.05, 0.1) is 31.0 Å².